The standard InChI is InChI=1S/C20H29NO3/c1-16-14-20(22)24-19-15-17(10-11-18(16)19)23-13-9-7-5-3-2-4-6-8-12-21/h10-11,14-15H,2-9,12-13,21H2,1H3. The molecule has 1 heterocycles. The Morgan fingerprint density at radius 1 is 0.958 bits per heavy atom. The molecule has 132 valence electrons. The van der Waals surface area contributed by atoms with Gasteiger partial charge in [0.15, 0.2) is 0 Å². The Labute approximate surface area is 144 Å². The number of hydrogen-bond donors (Lipinski definition) is 1. The Morgan fingerprint density at radius 2 is 1.62 bits per heavy atom. The molecule has 0 aliphatic heterocycles. The Morgan fingerprint density at radius 3 is 2.33 bits per heavy atom. The number of fused-ring (bicyclic) bond motifs is 1. The second-order valence-electron chi connectivity index (χ2n) is 6.37. The number of hydrogen-bond acceptors (Lipinski definition) is 4. The second-order valence-corrected chi connectivity index (χ2v) is 6.37. The summed E-state index contributed by atoms with van der Waals surface area (Å²) in [5.41, 5.74) is 6.69. The van der Waals surface area contributed by atoms with Gasteiger partial charge in [-0.1, -0.05) is 38.5 Å². The van der Waals surface area contributed by atoms with E-state index >= 15 is 0 Å². The van der Waals surface area contributed by atoms with Crippen LogP contribution in [0, 0.1) is 6.92 Å². The maximum atomic E-state index is 11.4. The fourth-order valence-electron chi connectivity index (χ4n) is 2.89. The van der Waals surface area contributed by atoms with Crippen molar-refractivity contribution in [1.29, 1.82) is 0 Å². The molecule has 0 aliphatic rings. The average Bonchev–Trinajstić information content (AvgIpc) is 2.56. The highest BCUT2D eigenvalue weighted by Crippen LogP contribution is 2.22. The molecule has 1 aromatic carbocycles. The van der Waals surface area contributed by atoms with Crippen molar-refractivity contribution in [2.75, 3.05) is 13.2 Å². The van der Waals surface area contributed by atoms with Gasteiger partial charge < -0.3 is 14.9 Å². The van der Waals surface area contributed by atoms with Crippen molar-refractivity contribution in [3.05, 3.63) is 40.2 Å². The van der Waals surface area contributed by atoms with Crippen LogP contribution in [0.4, 0.5) is 0 Å². The second kappa shape index (κ2) is 10.1. The third kappa shape index (κ3) is 6.00. The predicted molar refractivity (Wildman–Crippen MR) is 98.7 cm³/mol. The fraction of sp³-hybridized carbons (Fsp3) is 0.550. The van der Waals surface area contributed by atoms with E-state index in [0.29, 0.717) is 12.2 Å². The lowest BCUT2D eigenvalue weighted by molar-refractivity contribution is 0.304. The zero-order chi connectivity index (χ0) is 17.2. The topological polar surface area (TPSA) is 65.5 Å². The minimum atomic E-state index is -0.316. The molecule has 2 rings (SSSR count). The van der Waals surface area contributed by atoms with Gasteiger partial charge in [-0.05, 0) is 44.0 Å². The van der Waals surface area contributed by atoms with Crippen molar-refractivity contribution in [2.45, 2.75) is 58.3 Å². The summed E-state index contributed by atoms with van der Waals surface area (Å²) < 4.78 is 11.0. The van der Waals surface area contributed by atoms with E-state index in [0.717, 1.165) is 36.1 Å². The van der Waals surface area contributed by atoms with Gasteiger partial charge in [-0.2, -0.15) is 0 Å². The Bertz CT molecular complexity index is 678. The zero-order valence-electron chi connectivity index (χ0n) is 14.7. The minimum absolute atomic E-state index is 0.316. The highest BCUT2D eigenvalue weighted by molar-refractivity contribution is 5.81. The van der Waals surface area contributed by atoms with Crippen LogP contribution in [0.1, 0.15) is 56.9 Å². The summed E-state index contributed by atoms with van der Waals surface area (Å²) in [6, 6.07) is 7.21. The van der Waals surface area contributed by atoms with E-state index in [4.69, 9.17) is 14.9 Å². The number of ether oxygens (including phenoxy) is 1. The van der Waals surface area contributed by atoms with Crippen LogP contribution in [0.2, 0.25) is 0 Å². The van der Waals surface area contributed by atoms with Crippen molar-refractivity contribution < 1.29 is 9.15 Å². The maximum Gasteiger partial charge on any atom is 0.336 e. The Balaban J connectivity index is 1.66. The Kier molecular flexibility index (Phi) is 7.83. The highest BCUT2D eigenvalue weighted by atomic mass is 16.5. The Hall–Kier alpha value is -1.81. The summed E-state index contributed by atoms with van der Waals surface area (Å²) in [6.45, 7) is 3.43. The zero-order valence-corrected chi connectivity index (χ0v) is 14.7. The predicted octanol–water partition coefficient (Wildman–Crippen LogP) is 4.56. The van der Waals surface area contributed by atoms with E-state index in [1.807, 2.05) is 19.1 Å². The summed E-state index contributed by atoms with van der Waals surface area (Å²) in [5, 5.41) is 0.955. The van der Waals surface area contributed by atoms with Gasteiger partial charge in [0.25, 0.3) is 0 Å². The van der Waals surface area contributed by atoms with Crippen molar-refractivity contribution in [3.8, 4) is 5.75 Å². The lowest BCUT2D eigenvalue weighted by Gasteiger charge is -2.07. The summed E-state index contributed by atoms with van der Waals surface area (Å²) >= 11 is 0. The number of unbranched alkanes of at least 4 members (excludes halogenated alkanes) is 7. The maximum absolute atomic E-state index is 11.4. The molecule has 0 radical (unpaired) electrons. The van der Waals surface area contributed by atoms with Crippen LogP contribution in [0.3, 0.4) is 0 Å². The van der Waals surface area contributed by atoms with Gasteiger partial charge >= 0.3 is 5.63 Å². The fourth-order valence-corrected chi connectivity index (χ4v) is 2.89. The lowest BCUT2D eigenvalue weighted by Crippen LogP contribution is -2.00. The third-order valence-corrected chi connectivity index (χ3v) is 4.29. The van der Waals surface area contributed by atoms with Crippen LogP contribution < -0.4 is 16.1 Å². The van der Waals surface area contributed by atoms with Crippen LogP contribution in [-0.2, 0) is 0 Å². The summed E-state index contributed by atoms with van der Waals surface area (Å²) in [4.78, 5) is 11.4. The van der Waals surface area contributed by atoms with Crippen molar-refractivity contribution in [2.24, 2.45) is 5.73 Å². The van der Waals surface area contributed by atoms with E-state index < -0.39 is 0 Å². The molecule has 0 unspecified atom stereocenters. The molecule has 24 heavy (non-hydrogen) atoms. The average molecular weight is 331 g/mol. The number of aryl methyl sites for hydroxylation is 1. The first kappa shape index (κ1) is 18.5. The summed E-state index contributed by atoms with van der Waals surface area (Å²) in [5.74, 6) is 0.762. The molecule has 2 N–H and O–H groups in total. The van der Waals surface area contributed by atoms with Crippen LogP contribution in [0.25, 0.3) is 11.0 Å². The third-order valence-electron chi connectivity index (χ3n) is 4.29. The van der Waals surface area contributed by atoms with Gasteiger partial charge in [-0.3, -0.25) is 0 Å². The molecule has 2 aromatic rings. The summed E-state index contributed by atoms with van der Waals surface area (Å²) in [7, 11) is 0. The first-order valence-corrected chi connectivity index (χ1v) is 9.08. The van der Waals surface area contributed by atoms with E-state index in [1.54, 1.807) is 6.07 Å². The van der Waals surface area contributed by atoms with Crippen molar-refractivity contribution >= 4 is 11.0 Å². The minimum Gasteiger partial charge on any atom is -0.493 e. The number of nitrogens with two attached hydrogens (primary N) is 1. The van der Waals surface area contributed by atoms with Crippen LogP contribution in [-0.4, -0.2) is 13.2 Å². The number of rotatable bonds is 11. The van der Waals surface area contributed by atoms with E-state index in [1.165, 1.54) is 44.6 Å². The normalized spacial score (nSPS) is 11.1. The van der Waals surface area contributed by atoms with Gasteiger partial charge in [0, 0.05) is 17.5 Å². The molecule has 0 aliphatic carbocycles. The van der Waals surface area contributed by atoms with Crippen molar-refractivity contribution in [1.82, 2.24) is 0 Å². The van der Waals surface area contributed by atoms with Gasteiger partial charge in [-0.15, -0.1) is 0 Å². The number of benzene rings is 1. The molecule has 1 aromatic heterocycles. The quantitative estimate of drug-likeness (QED) is 0.484. The molecule has 0 atom stereocenters. The van der Waals surface area contributed by atoms with E-state index in [9.17, 15) is 4.79 Å². The molecule has 0 amide bonds. The lowest BCUT2D eigenvalue weighted by atomic mass is 10.1. The smallest absolute Gasteiger partial charge is 0.336 e. The monoisotopic (exact) mass is 331 g/mol. The van der Waals surface area contributed by atoms with Crippen LogP contribution in [0.5, 0.6) is 5.75 Å². The summed E-state index contributed by atoms with van der Waals surface area (Å²) in [6.07, 6.45) is 9.83. The molecule has 0 spiro atoms. The molecule has 0 saturated carbocycles. The molecular weight excluding hydrogens is 302 g/mol. The molecular formula is C20H29NO3. The molecule has 0 bridgehead atoms. The van der Waals surface area contributed by atoms with E-state index in [-0.39, 0.29) is 5.63 Å². The molecule has 0 saturated heterocycles. The van der Waals surface area contributed by atoms with Crippen LogP contribution in [0.15, 0.2) is 33.5 Å². The van der Waals surface area contributed by atoms with E-state index in [2.05, 4.69) is 0 Å². The first-order chi connectivity index (χ1) is 11.7. The SMILES string of the molecule is Cc1cc(=O)oc2cc(OCCCCCCCCCCN)ccc12. The molecule has 4 nitrogen and oxygen atoms in total. The molecule has 0 fully saturated rings. The molecule has 4 heteroatoms. The van der Waals surface area contributed by atoms with Gasteiger partial charge in [0.2, 0.25) is 0 Å². The van der Waals surface area contributed by atoms with Crippen molar-refractivity contribution in [3.63, 3.8) is 0 Å². The van der Waals surface area contributed by atoms with Gasteiger partial charge in [0.05, 0.1) is 6.61 Å². The highest BCUT2D eigenvalue weighted by Gasteiger charge is 2.04. The largest absolute Gasteiger partial charge is 0.493 e. The first-order valence-electron chi connectivity index (χ1n) is 9.08. The van der Waals surface area contributed by atoms with Gasteiger partial charge in [-0.25, -0.2) is 4.79 Å². The van der Waals surface area contributed by atoms with Gasteiger partial charge in [0.1, 0.15) is 11.3 Å². The van der Waals surface area contributed by atoms with Crippen LogP contribution >= 0.6 is 0 Å².